The van der Waals surface area contributed by atoms with Gasteiger partial charge in [0.25, 0.3) is 0 Å². The lowest BCUT2D eigenvalue weighted by atomic mass is 9.84. The van der Waals surface area contributed by atoms with Crippen molar-refractivity contribution in [2.24, 2.45) is 0 Å². The van der Waals surface area contributed by atoms with E-state index in [-0.39, 0.29) is 5.41 Å². The lowest BCUT2D eigenvalue weighted by molar-refractivity contribution is 0.469. The van der Waals surface area contributed by atoms with Crippen LogP contribution in [0.3, 0.4) is 0 Å². The van der Waals surface area contributed by atoms with Crippen LogP contribution in [0.2, 0.25) is 0 Å². The monoisotopic (exact) mass is 267 g/mol. The van der Waals surface area contributed by atoms with Crippen LogP contribution in [0, 0.1) is 13.8 Å². The molecule has 0 radical (unpaired) electrons. The Hall–Kier alpha value is -1.60. The van der Waals surface area contributed by atoms with E-state index < -0.39 is 0 Å². The molecule has 0 aliphatic rings. The first-order valence-corrected chi connectivity index (χ1v) is 7.31. The molecule has 0 aliphatic carbocycles. The maximum Gasteiger partial charge on any atom is 0.0206 e. The Bertz CT molecular complexity index is 535. The molecule has 1 N–H and O–H groups in total. The summed E-state index contributed by atoms with van der Waals surface area (Å²) in [5, 5.41) is 3.59. The second-order valence-electron chi connectivity index (χ2n) is 6.35. The van der Waals surface area contributed by atoms with Gasteiger partial charge >= 0.3 is 0 Å². The van der Waals surface area contributed by atoms with Crippen LogP contribution in [0.25, 0.3) is 0 Å². The zero-order chi connectivity index (χ0) is 14.6. The topological polar surface area (TPSA) is 12.0 Å². The number of hydrogen-bond acceptors (Lipinski definition) is 1. The van der Waals surface area contributed by atoms with Gasteiger partial charge in [-0.2, -0.15) is 0 Å². The smallest absolute Gasteiger partial charge is 0.0206 e. The molecule has 0 bridgehead atoms. The van der Waals surface area contributed by atoms with E-state index in [1.54, 1.807) is 0 Å². The van der Waals surface area contributed by atoms with E-state index in [0.29, 0.717) is 0 Å². The fourth-order valence-electron chi connectivity index (χ4n) is 2.68. The van der Waals surface area contributed by atoms with Gasteiger partial charge in [0.05, 0.1) is 0 Å². The summed E-state index contributed by atoms with van der Waals surface area (Å²) in [4.78, 5) is 0. The molecular weight excluding hydrogens is 242 g/mol. The molecule has 2 aromatic carbocycles. The predicted molar refractivity (Wildman–Crippen MR) is 87.1 cm³/mol. The molecule has 0 atom stereocenters. The minimum Gasteiger partial charge on any atom is -0.312 e. The minimum atomic E-state index is 0.153. The fourth-order valence-corrected chi connectivity index (χ4v) is 2.68. The van der Waals surface area contributed by atoms with Crippen molar-refractivity contribution in [2.45, 2.75) is 39.7 Å². The zero-order valence-electron chi connectivity index (χ0n) is 13.0. The van der Waals surface area contributed by atoms with Gasteiger partial charge in [-0.1, -0.05) is 73.5 Å². The van der Waals surface area contributed by atoms with Gasteiger partial charge in [0.1, 0.15) is 0 Å². The van der Waals surface area contributed by atoms with Crippen LogP contribution in [0.5, 0.6) is 0 Å². The molecule has 0 heterocycles. The molecule has 0 saturated heterocycles. The van der Waals surface area contributed by atoms with Gasteiger partial charge in [0.2, 0.25) is 0 Å². The van der Waals surface area contributed by atoms with E-state index in [1.165, 1.54) is 22.3 Å². The van der Waals surface area contributed by atoms with E-state index in [4.69, 9.17) is 0 Å². The molecule has 20 heavy (non-hydrogen) atoms. The van der Waals surface area contributed by atoms with Crippen molar-refractivity contribution in [3.63, 3.8) is 0 Å². The first-order chi connectivity index (χ1) is 9.47. The molecule has 1 heteroatoms. The molecule has 0 fully saturated rings. The van der Waals surface area contributed by atoms with Crippen LogP contribution in [0.15, 0.2) is 48.5 Å². The summed E-state index contributed by atoms with van der Waals surface area (Å²) in [7, 11) is 0. The van der Waals surface area contributed by atoms with Gasteiger partial charge < -0.3 is 5.32 Å². The summed E-state index contributed by atoms with van der Waals surface area (Å²) >= 11 is 0. The zero-order valence-corrected chi connectivity index (χ0v) is 13.0. The van der Waals surface area contributed by atoms with E-state index in [1.807, 2.05) is 0 Å². The van der Waals surface area contributed by atoms with Gasteiger partial charge in [0, 0.05) is 18.5 Å². The average molecular weight is 267 g/mol. The molecule has 0 saturated carbocycles. The minimum absolute atomic E-state index is 0.153. The van der Waals surface area contributed by atoms with Gasteiger partial charge in [-0.3, -0.25) is 0 Å². The Morgan fingerprint density at radius 3 is 2.10 bits per heavy atom. The molecule has 2 aromatic rings. The van der Waals surface area contributed by atoms with Crippen molar-refractivity contribution >= 4 is 0 Å². The number of benzene rings is 2. The lowest BCUT2D eigenvalue weighted by Gasteiger charge is -2.26. The summed E-state index contributed by atoms with van der Waals surface area (Å²) in [5.41, 5.74) is 5.58. The normalized spacial score (nSPS) is 11.6. The van der Waals surface area contributed by atoms with Crippen LogP contribution in [-0.2, 0) is 12.0 Å². The van der Waals surface area contributed by atoms with E-state index >= 15 is 0 Å². The van der Waals surface area contributed by atoms with E-state index in [2.05, 4.69) is 81.5 Å². The predicted octanol–water partition coefficient (Wildman–Crippen LogP) is 4.37. The van der Waals surface area contributed by atoms with Crippen molar-refractivity contribution in [3.8, 4) is 0 Å². The third-order valence-corrected chi connectivity index (χ3v) is 3.73. The highest BCUT2D eigenvalue weighted by Crippen LogP contribution is 2.21. The van der Waals surface area contributed by atoms with Gasteiger partial charge in [0.15, 0.2) is 0 Å². The fraction of sp³-hybridized carbons (Fsp3) is 0.368. The number of hydrogen-bond donors (Lipinski definition) is 1. The van der Waals surface area contributed by atoms with Crippen LogP contribution in [-0.4, -0.2) is 6.54 Å². The molecular formula is C19H25N. The second-order valence-corrected chi connectivity index (χ2v) is 6.35. The molecule has 0 aromatic heterocycles. The SMILES string of the molecule is Cc1cc(C)cc(CNCC(C)(C)c2ccccc2)c1. The number of aryl methyl sites for hydroxylation is 2. The van der Waals surface area contributed by atoms with E-state index in [9.17, 15) is 0 Å². The Morgan fingerprint density at radius 1 is 0.900 bits per heavy atom. The highest BCUT2D eigenvalue weighted by molar-refractivity contribution is 5.28. The van der Waals surface area contributed by atoms with Crippen molar-refractivity contribution in [1.29, 1.82) is 0 Å². The standard InChI is InChI=1S/C19H25N/c1-15-10-16(2)12-17(11-15)13-20-14-19(3,4)18-8-6-5-7-9-18/h5-12,20H,13-14H2,1-4H3. The average Bonchev–Trinajstić information content (AvgIpc) is 2.38. The summed E-state index contributed by atoms with van der Waals surface area (Å²) in [6, 6.07) is 17.4. The first kappa shape index (κ1) is 14.8. The molecule has 0 unspecified atom stereocenters. The van der Waals surface area contributed by atoms with Crippen LogP contribution >= 0.6 is 0 Å². The van der Waals surface area contributed by atoms with Crippen molar-refractivity contribution < 1.29 is 0 Å². The van der Waals surface area contributed by atoms with Crippen molar-refractivity contribution in [1.82, 2.24) is 5.32 Å². The largest absolute Gasteiger partial charge is 0.312 e. The molecule has 1 nitrogen and oxygen atoms in total. The molecule has 2 rings (SSSR count). The second kappa shape index (κ2) is 6.23. The molecule has 0 amide bonds. The molecule has 0 aliphatic heterocycles. The quantitative estimate of drug-likeness (QED) is 0.848. The van der Waals surface area contributed by atoms with Gasteiger partial charge in [-0.05, 0) is 25.0 Å². The third kappa shape index (κ3) is 3.94. The Labute approximate surface area is 123 Å². The Balaban J connectivity index is 1.95. The molecule has 106 valence electrons. The number of nitrogens with one attached hydrogen (secondary N) is 1. The summed E-state index contributed by atoms with van der Waals surface area (Å²) in [6.45, 7) is 10.8. The summed E-state index contributed by atoms with van der Waals surface area (Å²) in [6.07, 6.45) is 0. The Morgan fingerprint density at radius 2 is 1.50 bits per heavy atom. The molecule has 0 spiro atoms. The van der Waals surface area contributed by atoms with Crippen LogP contribution < -0.4 is 5.32 Å². The van der Waals surface area contributed by atoms with Gasteiger partial charge in [-0.15, -0.1) is 0 Å². The first-order valence-electron chi connectivity index (χ1n) is 7.31. The van der Waals surface area contributed by atoms with Crippen LogP contribution in [0.1, 0.15) is 36.1 Å². The summed E-state index contributed by atoms with van der Waals surface area (Å²) in [5.74, 6) is 0. The van der Waals surface area contributed by atoms with E-state index in [0.717, 1.165) is 13.1 Å². The summed E-state index contributed by atoms with van der Waals surface area (Å²) < 4.78 is 0. The van der Waals surface area contributed by atoms with Crippen LogP contribution in [0.4, 0.5) is 0 Å². The highest BCUT2D eigenvalue weighted by atomic mass is 14.9. The number of rotatable bonds is 5. The maximum atomic E-state index is 3.59. The highest BCUT2D eigenvalue weighted by Gasteiger charge is 2.19. The lowest BCUT2D eigenvalue weighted by Crippen LogP contribution is -2.32. The maximum absolute atomic E-state index is 3.59. The Kier molecular flexibility index (Phi) is 4.61. The van der Waals surface area contributed by atoms with Crippen molar-refractivity contribution in [2.75, 3.05) is 6.54 Å². The third-order valence-electron chi connectivity index (χ3n) is 3.73. The van der Waals surface area contributed by atoms with Gasteiger partial charge in [-0.25, -0.2) is 0 Å². The van der Waals surface area contributed by atoms with Crippen molar-refractivity contribution in [3.05, 3.63) is 70.8 Å².